The summed E-state index contributed by atoms with van der Waals surface area (Å²) in [6.45, 7) is 0. The van der Waals surface area contributed by atoms with Crippen molar-refractivity contribution in [3.8, 4) is 11.8 Å². The number of hydrogen-bond acceptors (Lipinski definition) is 4. The number of nitrogens with zero attached hydrogens (tertiary/aromatic N) is 1. The van der Waals surface area contributed by atoms with Crippen LogP contribution in [-0.2, 0) is 16.0 Å². The van der Waals surface area contributed by atoms with Gasteiger partial charge in [-0.25, -0.2) is 4.79 Å². The lowest BCUT2D eigenvalue weighted by Crippen LogP contribution is -2.26. The molecule has 0 bridgehead atoms. The first-order valence-electron chi connectivity index (χ1n) is 4.52. The van der Waals surface area contributed by atoms with Crippen LogP contribution in [0.2, 0.25) is 0 Å². The van der Waals surface area contributed by atoms with Crippen LogP contribution < -0.4 is 4.74 Å². The minimum absolute atomic E-state index is 0.385. The Morgan fingerprint density at radius 3 is 3.13 bits per heavy atom. The van der Waals surface area contributed by atoms with Crippen LogP contribution in [0.4, 0.5) is 0 Å². The van der Waals surface area contributed by atoms with Crippen LogP contribution in [0.5, 0.6) is 5.75 Å². The van der Waals surface area contributed by atoms with Gasteiger partial charge in [-0.1, -0.05) is 0 Å². The van der Waals surface area contributed by atoms with Crippen molar-refractivity contribution in [2.24, 2.45) is 0 Å². The van der Waals surface area contributed by atoms with Gasteiger partial charge in [0.15, 0.2) is 6.10 Å². The largest absolute Gasteiger partial charge is 0.478 e. The number of benzene rings is 1. The first kappa shape index (κ1) is 9.53. The van der Waals surface area contributed by atoms with E-state index in [1.54, 1.807) is 18.2 Å². The number of hydrogen-bond donors (Lipinski definition) is 0. The summed E-state index contributed by atoms with van der Waals surface area (Å²) in [5.74, 6) is 0.272. The minimum atomic E-state index is -0.570. The van der Waals surface area contributed by atoms with Crippen LogP contribution in [0.3, 0.4) is 0 Å². The van der Waals surface area contributed by atoms with Gasteiger partial charge in [-0.3, -0.25) is 0 Å². The molecule has 1 aliphatic rings. The highest BCUT2D eigenvalue weighted by Crippen LogP contribution is 2.29. The van der Waals surface area contributed by atoms with E-state index in [4.69, 9.17) is 10.00 Å². The molecular weight excluding hydrogens is 194 g/mol. The molecule has 2 rings (SSSR count). The van der Waals surface area contributed by atoms with E-state index in [1.807, 2.05) is 6.07 Å². The van der Waals surface area contributed by atoms with E-state index in [0.717, 1.165) is 5.56 Å². The average molecular weight is 203 g/mol. The molecule has 4 nitrogen and oxygen atoms in total. The number of methoxy groups -OCH3 is 1. The maximum absolute atomic E-state index is 11.2. The number of carbonyl (C=O) groups is 1. The molecule has 1 unspecified atom stereocenters. The van der Waals surface area contributed by atoms with Crippen molar-refractivity contribution in [1.82, 2.24) is 0 Å². The third-order valence-electron chi connectivity index (χ3n) is 2.33. The molecule has 0 saturated carbocycles. The Morgan fingerprint density at radius 1 is 1.67 bits per heavy atom. The van der Waals surface area contributed by atoms with Crippen molar-refractivity contribution >= 4 is 5.97 Å². The summed E-state index contributed by atoms with van der Waals surface area (Å²) < 4.78 is 9.97. The predicted octanol–water partition coefficient (Wildman–Crippen LogP) is 1.03. The molecule has 0 aliphatic carbocycles. The number of carbonyl (C=O) groups excluding carboxylic acids is 1. The summed E-state index contributed by atoms with van der Waals surface area (Å²) in [6, 6.07) is 7.15. The van der Waals surface area contributed by atoms with Gasteiger partial charge < -0.3 is 9.47 Å². The number of esters is 1. The van der Waals surface area contributed by atoms with Crippen molar-refractivity contribution in [2.75, 3.05) is 7.11 Å². The van der Waals surface area contributed by atoms with Gasteiger partial charge >= 0.3 is 5.97 Å². The van der Waals surface area contributed by atoms with Crippen molar-refractivity contribution in [1.29, 1.82) is 5.26 Å². The zero-order valence-electron chi connectivity index (χ0n) is 8.19. The van der Waals surface area contributed by atoms with Gasteiger partial charge in [-0.2, -0.15) is 5.26 Å². The molecule has 15 heavy (non-hydrogen) atoms. The second kappa shape index (κ2) is 3.62. The van der Waals surface area contributed by atoms with Crippen LogP contribution in [-0.4, -0.2) is 19.2 Å². The van der Waals surface area contributed by atoms with Crippen LogP contribution in [0.25, 0.3) is 0 Å². The molecule has 0 aromatic heterocycles. The molecule has 1 heterocycles. The van der Waals surface area contributed by atoms with Gasteiger partial charge in [-0.05, 0) is 23.8 Å². The van der Waals surface area contributed by atoms with Gasteiger partial charge in [0.25, 0.3) is 0 Å². The molecule has 4 heteroatoms. The zero-order valence-corrected chi connectivity index (χ0v) is 8.19. The fourth-order valence-electron chi connectivity index (χ4n) is 1.58. The Kier molecular flexibility index (Phi) is 2.30. The number of nitriles is 1. The van der Waals surface area contributed by atoms with Gasteiger partial charge in [0.05, 0.1) is 18.7 Å². The molecule has 0 spiro atoms. The molecule has 0 amide bonds. The van der Waals surface area contributed by atoms with Gasteiger partial charge in [0.1, 0.15) is 5.75 Å². The van der Waals surface area contributed by atoms with E-state index >= 15 is 0 Å². The van der Waals surface area contributed by atoms with Crippen molar-refractivity contribution in [2.45, 2.75) is 12.5 Å². The molecule has 0 saturated heterocycles. The molecule has 0 fully saturated rings. The Labute approximate surface area is 87.0 Å². The Morgan fingerprint density at radius 2 is 2.47 bits per heavy atom. The molecular formula is C11H9NO3. The summed E-state index contributed by atoms with van der Waals surface area (Å²) >= 11 is 0. The summed E-state index contributed by atoms with van der Waals surface area (Å²) in [5.41, 5.74) is 1.45. The molecule has 0 radical (unpaired) electrons. The average Bonchev–Trinajstić information content (AvgIpc) is 2.70. The van der Waals surface area contributed by atoms with E-state index in [9.17, 15) is 4.79 Å². The number of rotatable bonds is 1. The topological polar surface area (TPSA) is 59.3 Å². The third kappa shape index (κ3) is 1.64. The molecule has 1 aromatic carbocycles. The smallest absolute Gasteiger partial charge is 0.347 e. The lowest BCUT2D eigenvalue weighted by atomic mass is 10.1. The second-order valence-electron chi connectivity index (χ2n) is 3.27. The van der Waals surface area contributed by atoms with E-state index in [2.05, 4.69) is 4.74 Å². The van der Waals surface area contributed by atoms with Crippen molar-refractivity contribution in [3.63, 3.8) is 0 Å². The van der Waals surface area contributed by atoms with Gasteiger partial charge in [-0.15, -0.1) is 0 Å². The van der Waals surface area contributed by atoms with Crippen LogP contribution in [0.15, 0.2) is 18.2 Å². The Balaban J connectivity index is 2.24. The highest BCUT2D eigenvalue weighted by Gasteiger charge is 2.29. The zero-order chi connectivity index (χ0) is 10.8. The maximum atomic E-state index is 11.2. The lowest BCUT2D eigenvalue weighted by molar-refractivity contribution is -0.147. The maximum Gasteiger partial charge on any atom is 0.347 e. The van der Waals surface area contributed by atoms with E-state index < -0.39 is 6.10 Å². The van der Waals surface area contributed by atoms with Crippen LogP contribution in [0.1, 0.15) is 11.1 Å². The summed E-state index contributed by atoms with van der Waals surface area (Å²) in [7, 11) is 1.33. The summed E-state index contributed by atoms with van der Waals surface area (Å²) in [4.78, 5) is 11.2. The predicted molar refractivity (Wildman–Crippen MR) is 51.3 cm³/mol. The normalized spacial score (nSPS) is 17.5. The number of ether oxygens (including phenoxy) is 2. The fourth-order valence-corrected chi connectivity index (χ4v) is 1.58. The fraction of sp³-hybridized carbons (Fsp3) is 0.273. The molecule has 1 atom stereocenters. The first-order valence-corrected chi connectivity index (χ1v) is 4.52. The highest BCUT2D eigenvalue weighted by molar-refractivity contribution is 5.76. The monoisotopic (exact) mass is 203 g/mol. The van der Waals surface area contributed by atoms with Crippen molar-refractivity contribution in [3.05, 3.63) is 29.3 Å². The third-order valence-corrected chi connectivity index (χ3v) is 2.33. The second-order valence-corrected chi connectivity index (χ2v) is 3.27. The first-order chi connectivity index (χ1) is 7.24. The Bertz CT molecular complexity index is 448. The van der Waals surface area contributed by atoms with Crippen LogP contribution in [0, 0.1) is 11.3 Å². The highest BCUT2D eigenvalue weighted by atomic mass is 16.6. The Hall–Kier alpha value is -2.02. The molecule has 1 aromatic rings. The SMILES string of the molecule is COC(=O)C1Cc2cc(C#N)ccc2O1. The molecule has 1 aliphatic heterocycles. The van der Waals surface area contributed by atoms with E-state index in [1.165, 1.54) is 7.11 Å². The van der Waals surface area contributed by atoms with Crippen LogP contribution >= 0.6 is 0 Å². The summed E-state index contributed by atoms with van der Waals surface area (Å²) in [6.07, 6.45) is -0.101. The quantitative estimate of drug-likeness (QED) is 0.640. The van der Waals surface area contributed by atoms with Gasteiger partial charge in [0, 0.05) is 6.42 Å². The van der Waals surface area contributed by atoms with E-state index in [-0.39, 0.29) is 5.97 Å². The lowest BCUT2D eigenvalue weighted by Gasteiger charge is -2.06. The molecule has 76 valence electrons. The standard InChI is InChI=1S/C11H9NO3/c1-14-11(13)10-5-8-4-7(6-12)2-3-9(8)15-10/h2-4,10H,5H2,1H3. The number of fused-ring (bicyclic) bond motifs is 1. The molecule has 0 N–H and O–H groups in total. The van der Waals surface area contributed by atoms with Crippen molar-refractivity contribution < 1.29 is 14.3 Å². The van der Waals surface area contributed by atoms with E-state index in [0.29, 0.717) is 17.7 Å². The minimum Gasteiger partial charge on any atom is -0.478 e. The summed E-state index contributed by atoms with van der Waals surface area (Å²) in [5, 5.41) is 8.71. The van der Waals surface area contributed by atoms with Gasteiger partial charge in [0.2, 0.25) is 0 Å².